The van der Waals surface area contributed by atoms with Gasteiger partial charge in [0.1, 0.15) is 10.7 Å². The molecule has 0 aromatic heterocycles. The summed E-state index contributed by atoms with van der Waals surface area (Å²) in [7, 11) is 0. The molecule has 0 fully saturated rings. The van der Waals surface area contributed by atoms with E-state index in [0.29, 0.717) is 12.8 Å². The fourth-order valence-electron chi connectivity index (χ4n) is 2.29. The van der Waals surface area contributed by atoms with Crippen molar-refractivity contribution in [1.29, 1.82) is 0 Å². The van der Waals surface area contributed by atoms with Crippen molar-refractivity contribution in [2.75, 3.05) is 5.32 Å². The number of thiocarbonyl (C=S) groups is 1. The van der Waals surface area contributed by atoms with Gasteiger partial charge in [-0.15, -0.1) is 0 Å². The van der Waals surface area contributed by atoms with Crippen molar-refractivity contribution in [3.63, 3.8) is 0 Å². The Bertz CT molecular complexity index is 608. The molecule has 0 saturated carbocycles. The van der Waals surface area contributed by atoms with E-state index in [1.807, 2.05) is 38.1 Å². The summed E-state index contributed by atoms with van der Waals surface area (Å²) < 4.78 is 0.853. The Kier molecular flexibility index (Phi) is 4.30. The van der Waals surface area contributed by atoms with Gasteiger partial charge in [-0.25, -0.2) is 0 Å². The van der Waals surface area contributed by atoms with Crippen LogP contribution in [0.3, 0.4) is 0 Å². The number of hydrogen-bond acceptors (Lipinski definition) is 3. The van der Waals surface area contributed by atoms with E-state index in [4.69, 9.17) is 12.2 Å². The molecule has 0 amide bonds. The van der Waals surface area contributed by atoms with Crippen LogP contribution in [0, 0.1) is 5.41 Å². The van der Waals surface area contributed by atoms with Crippen LogP contribution in [0.1, 0.15) is 26.7 Å². The first kappa shape index (κ1) is 15.2. The van der Waals surface area contributed by atoms with Crippen molar-refractivity contribution in [3.05, 3.63) is 40.1 Å². The normalized spacial score (nSPS) is 18.1. The van der Waals surface area contributed by atoms with Gasteiger partial charge < -0.3 is 10.4 Å². The number of carbonyl (C=O) groups excluding carboxylic acids is 1. The number of para-hydroxylation sites is 1. The summed E-state index contributed by atoms with van der Waals surface area (Å²) in [5.41, 5.74) is 0.804. The molecule has 0 saturated heterocycles. The molecule has 5 heteroatoms. The molecule has 1 aromatic rings. The average molecular weight is 354 g/mol. The molecule has 0 unspecified atom stereocenters. The maximum Gasteiger partial charge on any atom is 0.169 e. The third kappa shape index (κ3) is 3.27. The molecule has 20 heavy (non-hydrogen) atoms. The molecule has 2 rings (SSSR count). The van der Waals surface area contributed by atoms with Crippen LogP contribution in [0.2, 0.25) is 0 Å². The van der Waals surface area contributed by atoms with Crippen molar-refractivity contribution in [2.24, 2.45) is 5.41 Å². The molecule has 1 aromatic carbocycles. The molecule has 0 spiro atoms. The van der Waals surface area contributed by atoms with E-state index in [1.54, 1.807) is 0 Å². The van der Waals surface area contributed by atoms with Crippen molar-refractivity contribution >= 4 is 44.6 Å². The van der Waals surface area contributed by atoms with Crippen LogP contribution in [0.5, 0.6) is 0 Å². The number of halogens is 1. The van der Waals surface area contributed by atoms with E-state index in [0.717, 1.165) is 10.2 Å². The lowest BCUT2D eigenvalue weighted by Gasteiger charge is -2.29. The largest absolute Gasteiger partial charge is 0.511 e. The highest BCUT2D eigenvalue weighted by molar-refractivity contribution is 9.10. The minimum Gasteiger partial charge on any atom is -0.511 e. The Morgan fingerprint density at radius 1 is 1.35 bits per heavy atom. The van der Waals surface area contributed by atoms with Gasteiger partial charge in [-0.1, -0.05) is 38.2 Å². The molecule has 0 atom stereocenters. The van der Waals surface area contributed by atoms with Crippen molar-refractivity contribution in [2.45, 2.75) is 26.7 Å². The Hall–Kier alpha value is -1.20. The van der Waals surface area contributed by atoms with Gasteiger partial charge in [0.15, 0.2) is 5.78 Å². The van der Waals surface area contributed by atoms with Gasteiger partial charge in [0.25, 0.3) is 0 Å². The Labute approximate surface area is 132 Å². The minimum absolute atomic E-state index is 0.0794. The van der Waals surface area contributed by atoms with E-state index in [1.165, 1.54) is 0 Å². The number of aliphatic hydroxyl groups is 1. The summed E-state index contributed by atoms with van der Waals surface area (Å²) in [4.78, 5) is 12.5. The summed E-state index contributed by atoms with van der Waals surface area (Å²) in [6.07, 6.45) is 0.857. The van der Waals surface area contributed by atoms with Gasteiger partial charge in [-0.3, -0.25) is 4.79 Å². The van der Waals surface area contributed by atoms with Gasteiger partial charge in [-0.05, 0) is 33.5 Å². The van der Waals surface area contributed by atoms with E-state index < -0.39 is 0 Å². The molecule has 2 N–H and O–H groups in total. The van der Waals surface area contributed by atoms with Crippen LogP contribution in [-0.4, -0.2) is 15.9 Å². The number of nitrogens with one attached hydrogen (secondary N) is 1. The van der Waals surface area contributed by atoms with Crippen LogP contribution in [0.15, 0.2) is 40.1 Å². The van der Waals surface area contributed by atoms with E-state index in [9.17, 15) is 9.90 Å². The van der Waals surface area contributed by atoms with Gasteiger partial charge in [-0.2, -0.15) is 0 Å². The predicted octanol–water partition coefficient (Wildman–Crippen LogP) is 4.39. The number of hydrogen-bond donors (Lipinski definition) is 2. The van der Waals surface area contributed by atoms with E-state index in [2.05, 4.69) is 21.2 Å². The molecule has 1 aliphatic carbocycles. The third-order valence-corrected chi connectivity index (χ3v) is 4.20. The molecule has 3 nitrogen and oxygen atoms in total. The first-order chi connectivity index (χ1) is 9.30. The number of benzene rings is 1. The second kappa shape index (κ2) is 5.66. The SMILES string of the molecule is CC1(C)CC(=O)C(C(=S)Nc2ccccc2Br)=C(O)C1. The molecule has 0 radical (unpaired) electrons. The molecule has 0 bridgehead atoms. The summed E-state index contributed by atoms with van der Waals surface area (Å²) in [6, 6.07) is 7.50. The summed E-state index contributed by atoms with van der Waals surface area (Å²) in [5, 5.41) is 13.1. The van der Waals surface area contributed by atoms with Gasteiger partial charge >= 0.3 is 0 Å². The highest BCUT2D eigenvalue weighted by Crippen LogP contribution is 2.36. The highest BCUT2D eigenvalue weighted by Gasteiger charge is 2.34. The molecular formula is C15H16BrNO2S. The molecule has 0 aliphatic heterocycles. The van der Waals surface area contributed by atoms with Gasteiger partial charge in [0, 0.05) is 17.3 Å². The predicted molar refractivity (Wildman–Crippen MR) is 88.0 cm³/mol. The van der Waals surface area contributed by atoms with E-state index >= 15 is 0 Å². The molecule has 0 heterocycles. The lowest BCUT2D eigenvalue weighted by Crippen LogP contribution is -2.31. The van der Waals surface area contributed by atoms with Gasteiger partial charge in [0.2, 0.25) is 0 Å². The number of allylic oxidation sites excluding steroid dienone is 1. The maximum absolute atomic E-state index is 12.2. The summed E-state index contributed by atoms with van der Waals surface area (Å²) in [5.74, 6) is -0.0286. The number of carbonyl (C=O) groups is 1. The topological polar surface area (TPSA) is 49.3 Å². The average Bonchev–Trinajstić information content (AvgIpc) is 2.29. The van der Waals surface area contributed by atoms with E-state index in [-0.39, 0.29) is 27.5 Å². The third-order valence-electron chi connectivity index (χ3n) is 3.20. The standard InChI is InChI=1S/C15H16BrNO2S/c1-15(2)7-11(18)13(12(19)8-15)14(20)17-10-6-4-3-5-9(10)16/h3-6,18H,7-8H2,1-2H3,(H,17,20). The maximum atomic E-state index is 12.2. The minimum atomic E-state index is -0.215. The fraction of sp³-hybridized carbons (Fsp3) is 0.333. The number of aliphatic hydroxyl groups excluding tert-OH is 1. The zero-order valence-corrected chi connectivity index (χ0v) is 13.8. The smallest absolute Gasteiger partial charge is 0.169 e. The number of ketones is 1. The number of rotatable bonds is 2. The quantitative estimate of drug-likeness (QED) is 0.774. The van der Waals surface area contributed by atoms with Crippen LogP contribution in [0.4, 0.5) is 5.69 Å². The van der Waals surface area contributed by atoms with Crippen LogP contribution < -0.4 is 5.32 Å². The van der Waals surface area contributed by atoms with Crippen molar-refractivity contribution < 1.29 is 9.90 Å². The zero-order valence-electron chi connectivity index (χ0n) is 11.4. The van der Waals surface area contributed by atoms with Crippen LogP contribution in [0.25, 0.3) is 0 Å². The molecule has 106 valence electrons. The second-order valence-electron chi connectivity index (χ2n) is 5.70. The Balaban J connectivity index is 2.26. The molecular weight excluding hydrogens is 338 g/mol. The lowest BCUT2D eigenvalue weighted by atomic mass is 9.76. The first-order valence-corrected chi connectivity index (χ1v) is 7.51. The Morgan fingerprint density at radius 2 is 2.00 bits per heavy atom. The second-order valence-corrected chi connectivity index (χ2v) is 6.96. The van der Waals surface area contributed by atoms with Gasteiger partial charge in [0.05, 0.1) is 11.3 Å². The highest BCUT2D eigenvalue weighted by atomic mass is 79.9. The molecule has 1 aliphatic rings. The number of anilines is 1. The van der Waals surface area contributed by atoms with Crippen molar-refractivity contribution in [3.8, 4) is 0 Å². The Morgan fingerprint density at radius 3 is 2.60 bits per heavy atom. The number of Topliss-reactive ketones (excluding diaryl/α,β-unsaturated/α-hetero) is 1. The van der Waals surface area contributed by atoms with Crippen LogP contribution in [-0.2, 0) is 4.79 Å². The summed E-state index contributed by atoms with van der Waals surface area (Å²) in [6.45, 7) is 3.92. The first-order valence-electron chi connectivity index (χ1n) is 6.31. The van der Waals surface area contributed by atoms with Crippen LogP contribution >= 0.6 is 28.1 Å². The fourth-order valence-corrected chi connectivity index (χ4v) is 3.02. The zero-order chi connectivity index (χ0) is 14.9. The monoisotopic (exact) mass is 353 g/mol. The lowest BCUT2D eigenvalue weighted by molar-refractivity contribution is -0.117. The summed E-state index contributed by atoms with van der Waals surface area (Å²) >= 11 is 8.69. The van der Waals surface area contributed by atoms with Crippen molar-refractivity contribution in [1.82, 2.24) is 0 Å².